The third-order valence-electron chi connectivity index (χ3n) is 2.36. The first-order chi connectivity index (χ1) is 9.31. The van der Waals surface area contributed by atoms with Crippen molar-refractivity contribution < 1.29 is 13.2 Å². The lowest BCUT2D eigenvalue weighted by Gasteiger charge is -2.10. The summed E-state index contributed by atoms with van der Waals surface area (Å²) >= 11 is 11.6. The molecule has 0 radical (unpaired) electrons. The number of anilines is 1. The van der Waals surface area contributed by atoms with E-state index in [1.165, 1.54) is 18.2 Å². The number of benzene rings is 1. The molecule has 20 heavy (non-hydrogen) atoms. The summed E-state index contributed by atoms with van der Waals surface area (Å²) in [5.41, 5.74) is 1.28. The van der Waals surface area contributed by atoms with Gasteiger partial charge in [-0.05, 0) is 18.2 Å². The Bertz CT molecular complexity index is 646. The van der Waals surface area contributed by atoms with Crippen LogP contribution in [-0.4, -0.2) is 9.97 Å². The maximum Gasteiger partial charge on any atom is 0.433 e. The molecular weight excluding hydrogens is 316 g/mol. The second kappa shape index (κ2) is 5.43. The smallest absolute Gasteiger partial charge is 0.292 e. The van der Waals surface area contributed by atoms with Gasteiger partial charge in [0.05, 0.1) is 15.7 Å². The molecule has 0 aliphatic heterocycles. The highest BCUT2D eigenvalue weighted by Gasteiger charge is 2.33. The molecule has 0 amide bonds. The Balaban J connectivity index is 2.58. The summed E-state index contributed by atoms with van der Waals surface area (Å²) in [5.74, 6) is 4.73. The average Bonchev–Trinajstić information content (AvgIpc) is 2.40. The van der Waals surface area contributed by atoms with Crippen LogP contribution >= 0.6 is 23.2 Å². The molecule has 0 unspecified atom stereocenters. The third kappa shape index (κ3) is 3.12. The lowest BCUT2D eigenvalue weighted by Crippen LogP contribution is -2.15. The Labute approximate surface area is 121 Å². The van der Waals surface area contributed by atoms with Crippen LogP contribution in [0.25, 0.3) is 11.3 Å². The Morgan fingerprint density at radius 3 is 2.30 bits per heavy atom. The Hall–Kier alpha value is -1.57. The van der Waals surface area contributed by atoms with Crippen molar-refractivity contribution >= 4 is 29.2 Å². The van der Waals surface area contributed by atoms with Crippen LogP contribution in [0, 0.1) is 0 Å². The van der Waals surface area contributed by atoms with Crippen molar-refractivity contribution in [3.8, 4) is 11.3 Å². The first-order valence-electron chi connectivity index (χ1n) is 5.19. The molecule has 4 nitrogen and oxygen atoms in total. The van der Waals surface area contributed by atoms with Gasteiger partial charge in [0, 0.05) is 5.56 Å². The molecule has 0 aliphatic rings. The van der Waals surface area contributed by atoms with E-state index >= 15 is 0 Å². The van der Waals surface area contributed by atoms with E-state index in [4.69, 9.17) is 29.0 Å². The fraction of sp³-hybridized carbons (Fsp3) is 0.0909. The average molecular weight is 323 g/mol. The van der Waals surface area contributed by atoms with Crippen LogP contribution < -0.4 is 11.3 Å². The summed E-state index contributed by atoms with van der Waals surface area (Å²) in [5, 5.41) is 0.497. The van der Waals surface area contributed by atoms with Gasteiger partial charge in [-0.2, -0.15) is 13.2 Å². The standard InChI is InChI=1S/C11H7Cl2F3N4/c12-6-2-1-5(3-7(6)13)8-4-9(11(14,15)16)19-10(18-8)20-17/h1-4H,17H2,(H,18,19,20). The van der Waals surface area contributed by atoms with Crippen molar-refractivity contribution in [2.24, 2.45) is 5.84 Å². The SMILES string of the molecule is NNc1nc(-c2ccc(Cl)c(Cl)c2)cc(C(F)(F)F)n1. The van der Waals surface area contributed by atoms with Gasteiger partial charge in [-0.25, -0.2) is 15.8 Å². The summed E-state index contributed by atoms with van der Waals surface area (Å²) < 4.78 is 38.2. The minimum atomic E-state index is -4.61. The first-order valence-corrected chi connectivity index (χ1v) is 5.95. The molecule has 0 aliphatic carbocycles. The van der Waals surface area contributed by atoms with E-state index in [2.05, 4.69) is 9.97 Å². The fourth-order valence-corrected chi connectivity index (χ4v) is 1.76. The summed E-state index contributed by atoms with van der Waals surface area (Å²) in [6.07, 6.45) is -4.61. The number of rotatable bonds is 2. The van der Waals surface area contributed by atoms with Crippen LogP contribution in [-0.2, 0) is 6.18 Å². The molecule has 0 saturated carbocycles. The number of halogens is 5. The highest BCUT2D eigenvalue weighted by atomic mass is 35.5. The summed E-state index contributed by atoms with van der Waals surface area (Å²) in [4.78, 5) is 7.11. The van der Waals surface area contributed by atoms with Gasteiger partial charge in [-0.3, -0.25) is 5.43 Å². The number of nitrogens with two attached hydrogens (primary N) is 1. The predicted octanol–water partition coefficient (Wildman–Crippen LogP) is 3.75. The molecule has 1 aromatic carbocycles. The largest absolute Gasteiger partial charge is 0.433 e. The van der Waals surface area contributed by atoms with Crippen molar-refractivity contribution in [2.45, 2.75) is 6.18 Å². The molecule has 2 rings (SSSR count). The lowest BCUT2D eigenvalue weighted by atomic mass is 10.1. The normalized spacial score (nSPS) is 11.5. The van der Waals surface area contributed by atoms with Crippen molar-refractivity contribution in [1.82, 2.24) is 9.97 Å². The van der Waals surface area contributed by atoms with E-state index in [9.17, 15) is 13.2 Å². The van der Waals surface area contributed by atoms with E-state index in [1.807, 2.05) is 5.43 Å². The number of hydrogen-bond donors (Lipinski definition) is 2. The highest BCUT2D eigenvalue weighted by molar-refractivity contribution is 6.42. The Morgan fingerprint density at radius 2 is 1.75 bits per heavy atom. The number of nitrogens with zero attached hydrogens (tertiary/aromatic N) is 2. The number of hydrogen-bond acceptors (Lipinski definition) is 4. The van der Waals surface area contributed by atoms with Gasteiger partial charge in [0.15, 0.2) is 5.69 Å². The summed E-state index contributed by atoms with van der Waals surface area (Å²) in [6.45, 7) is 0. The van der Waals surface area contributed by atoms with Gasteiger partial charge < -0.3 is 0 Å². The van der Waals surface area contributed by atoms with E-state index in [-0.39, 0.29) is 21.7 Å². The van der Waals surface area contributed by atoms with Crippen LogP contribution in [0.5, 0.6) is 0 Å². The zero-order valence-electron chi connectivity index (χ0n) is 9.67. The highest BCUT2D eigenvalue weighted by Crippen LogP contribution is 2.32. The maximum absolute atomic E-state index is 12.7. The van der Waals surface area contributed by atoms with Crippen LogP contribution in [0.1, 0.15) is 5.69 Å². The van der Waals surface area contributed by atoms with E-state index < -0.39 is 11.9 Å². The second-order valence-electron chi connectivity index (χ2n) is 3.73. The number of hydrazine groups is 1. The van der Waals surface area contributed by atoms with Crippen molar-refractivity contribution in [3.63, 3.8) is 0 Å². The van der Waals surface area contributed by atoms with Gasteiger partial charge >= 0.3 is 6.18 Å². The first kappa shape index (κ1) is 14.8. The van der Waals surface area contributed by atoms with Gasteiger partial charge in [0.2, 0.25) is 5.95 Å². The van der Waals surface area contributed by atoms with Crippen LogP contribution in [0.2, 0.25) is 10.0 Å². The minimum absolute atomic E-state index is 0.0267. The van der Waals surface area contributed by atoms with Crippen molar-refractivity contribution in [1.29, 1.82) is 0 Å². The molecule has 1 aromatic heterocycles. The molecule has 3 N–H and O–H groups in total. The molecule has 0 spiro atoms. The second-order valence-corrected chi connectivity index (χ2v) is 4.55. The van der Waals surface area contributed by atoms with Crippen LogP contribution in [0.3, 0.4) is 0 Å². The van der Waals surface area contributed by atoms with Crippen LogP contribution in [0.15, 0.2) is 24.3 Å². The van der Waals surface area contributed by atoms with Gasteiger partial charge in [-0.1, -0.05) is 29.3 Å². The molecular formula is C11H7Cl2F3N4. The van der Waals surface area contributed by atoms with E-state index in [0.29, 0.717) is 5.56 Å². The quantitative estimate of drug-likeness (QED) is 0.652. The Morgan fingerprint density at radius 1 is 1.05 bits per heavy atom. The molecule has 9 heteroatoms. The predicted molar refractivity (Wildman–Crippen MR) is 70.3 cm³/mol. The van der Waals surface area contributed by atoms with Crippen molar-refractivity contribution in [3.05, 3.63) is 40.0 Å². The monoisotopic (exact) mass is 322 g/mol. The fourth-order valence-electron chi connectivity index (χ4n) is 1.46. The number of nitrogen functional groups attached to an aromatic ring is 1. The maximum atomic E-state index is 12.7. The number of aromatic nitrogens is 2. The molecule has 106 valence electrons. The lowest BCUT2D eigenvalue weighted by molar-refractivity contribution is -0.141. The molecule has 1 heterocycles. The summed E-state index contributed by atoms with van der Waals surface area (Å²) in [7, 11) is 0. The molecule has 0 atom stereocenters. The summed E-state index contributed by atoms with van der Waals surface area (Å²) in [6, 6.07) is 5.17. The zero-order chi connectivity index (χ0) is 14.9. The molecule has 2 aromatic rings. The number of nitrogens with one attached hydrogen (secondary N) is 1. The molecule has 0 fully saturated rings. The topological polar surface area (TPSA) is 63.8 Å². The van der Waals surface area contributed by atoms with Crippen molar-refractivity contribution in [2.75, 3.05) is 5.43 Å². The van der Waals surface area contributed by atoms with E-state index in [0.717, 1.165) is 6.07 Å². The van der Waals surface area contributed by atoms with Gasteiger partial charge in [0.25, 0.3) is 0 Å². The van der Waals surface area contributed by atoms with Gasteiger partial charge in [0.1, 0.15) is 0 Å². The van der Waals surface area contributed by atoms with E-state index in [1.54, 1.807) is 0 Å². The van der Waals surface area contributed by atoms with Crippen LogP contribution in [0.4, 0.5) is 19.1 Å². The minimum Gasteiger partial charge on any atom is -0.292 e. The zero-order valence-corrected chi connectivity index (χ0v) is 11.2. The Kier molecular flexibility index (Phi) is 4.03. The van der Waals surface area contributed by atoms with Gasteiger partial charge in [-0.15, -0.1) is 0 Å². The third-order valence-corrected chi connectivity index (χ3v) is 3.10. The molecule has 0 saturated heterocycles. The molecule has 0 bridgehead atoms. The number of alkyl halides is 3.